The number of nitrogens with zero attached hydrogens (tertiary/aromatic N) is 1. The lowest BCUT2D eigenvalue weighted by molar-refractivity contribution is 0.127. The molecule has 1 aliphatic rings. The van der Waals surface area contributed by atoms with E-state index in [2.05, 4.69) is 4.98 Å². The molecule has 0 spiro atoms. The van der Waals surface area contributed by atoms with E-state index >= 15 is 0 Å². The van der Waals surface area contributed by atoms with Gasteiger partial charge in [0.2, 0.25) is 0 Å². The van der Waals surface area contributed by atoms with Crippen LogP contribution in [0.1, 0.15) is 0 Å². The molecule has 76 valence electrons. The molecule has 1 fully saturated rings. The second kappa shape index (κ2) is 5.02. The molecular weight excluding hydrogens is 218 g/mol. The highest BCUT2D eigenvalue weighted by Crippen LogP contribution is 2.36. The van der Waals surface area contributed by atoms with Crippen molar-refractivity contribution in [2.75, 3.05) is 13.2 Å². The molecule has 0 bridgehead atoms. The molecule has 2 heterocycles. The molecule has 5 heteroatoms. The van der Waals surface area contributed by atoms with Crippen LogP contribution in [0.25, 0.3) is 0 Å². The fraction of sp³-hybridized carbons (Fsp3) is 0.444. The molecule has 1 aromatic heterocycles. The molecule has 14 heavy (non-hydrogen) atoms. The number of hydrogen-bond donors (Lipinski definition) is 1. The Kier molecular flexibility index (Phi) is 3.69. The van der Waals surface area contributed by atoms with E-state index < -0.39 is 0 Å². The molecule has 1 N–H and O–H groups in total. The maximum atomic E-state index is 9.49. The molecule has 0 amide bonds. The van der Waals surface area contributed by atoms with E-state index in [1.54, 1.807) is 27.8 Å². The molecular formula is C9H11NO2S2. The fourth-order valence-electron chi connectivity index (χ4n) is 1.12. The van der Waals surface area contributed by atoms with Crippen LogP contribution in [0.2, 0.25) is 0 Å². The lowest BCUT2D eigenvalue weighted by atomic mass is 10.3. The van der Waals surface area contributed by atoms with Crippen LogP contribution in [0.15, 0.2) is 29.4 Å². The highest BCUT2D eigenvalue weighted by atomic mass is 33.1. The predicted molar refractivity (Wildman–Crippen MR) is 58.3 cm³/mol. The van der Waals surface area contributed by atoms with Crippen molar-refractivity contribution < 1.29 is 9.84 Å². The molecule has 3 nitrogen and oxygen atoms in total. The average molecular weight is 229 g/mol. The highest BCUT2D eigenvalue weighted by Gasteiger charge is 2.27. The highest BCUT2D eigenvalue weighted by molar-refractivity contribution is 8.76. The fourth-order valence-corrected chi connectivity index (χ4v) is 3.46. The van der Waals surface area contributed by atoms with E-state index in [1.165, 1.54) is 0 Å². The van der Waals surface area contributed by atoms with Crippen molar-refractivity contribution in [1.29, 1.82) is 0 Å². The average Bonchev–Trinajstić information content (AvgIpc) is 2.63. The van der Waals surface area contributed by atoms with Gasteiger partial charge in [-0.3, -0.25) is 0 Å². The molecule has 2 rings (SSSR count). The zero-order valence-electron chi connectivity index (χ0n) is 7.50. The monoisotopic (exact) mass is 229 g/mol. The van der Waals surface area contributed by atoms with Crippen LogP contribution < -0.4 is 0 Å². The van der Waals surface area contributed by atoms with E-state index in [0.29, 0.717) is 13.2 Å². The summed E-state index contributed by atoms with van der Waals surface area (Å²) >= 11 is 0. The Bertz CT molecular complexity index is 283. The Balaban J connectivity index is 1.82. The van der Waals surface area contributed by atoms with Gasteiger partial charge in [0.05, 0.1) is 24.6 Å². The minimum atomic E-state index is -0.337. The first-order chi connectivity index (χ1) is 6.86. The first-order valence-corrected chi connectivity index (χ1v) is 6.58. The minimum Gasteiger partial charge on any atom is -0.389 e. The molecule has 0 radical (unpaired) electrons. The van der Waals surface area contributed by atoms with Crippen LogP contribution in [0.5, 0.6) is 0 Å². The van der Waals surface area contributed by atoms with Crippen molar-refractivity contribution in [2.45, 2.75) is 16.4 Å². The Morgan fingerprint density at radius 1 is 1.43 bits per heavy atom. The molecule has 0 aromatic carbocycles. The van der Waals surface area contributed by atoms with E-state index in [-0.39, 0.29) is 11.4 Å². The third kappa shape index (κ3) is 2.63. The normalized spacial score (nSPS) is 26.6. The maximum absolute atomic E-state index is 9.49. The Labute approximate surface area is 90.7 Å². The lowest BCUT2D eigenvalue weighted by Gasteiger charge is -2.09. The van der Waals surface area contributed by atoms with Crippen molar-refractivity contribution >= 4 is 21.6 Å². The van der Waals surface area contributed by atoms with Crippen LogP contribution in [0.3, 0.4) is 0 Å². The minimum absolute atomic E-state index is 0.169. The summed E-state index contributed by atoms with van der Waals surface area (Å²) in [5, 5.41) is 10.6. The Morgan fingerprint density at radius 2 is 2.36 bits per heavy atom. The van der Waals surface area contributed by atoms with Gasteiger partial charge in [0.25, 0.3) is 0 Å². The number of pyridine rings is 1. The van der Waals surface area contributed by atoms with Gasteiger partial charge in [-0.05, 0) is 22.9 Å². The van der Waals surface area contributed by atoms with Crippen LogP contribution in [0, 0.1) is 0 Å². The zero-order chi connectivity index (χ0) is 9.80. The topological polar surface area (TPSA) is 42.4 Å². The van der Waals surface area contributed by atoms with Crippen molar-refractivity contribution in [3.05, 3.63) is 24.4 Å². The summed E-state index contributed by atoms with van der Waals surface area (Å²) in [5.41, 5.74) is 0. The Morgan fingerprint density at radius 3 is 3.00 bits per heavy atom. The van der Waals surface area contributed by atoms with E-state index in [0.717, 1.165) is 5.03 Å². The van der Waals surface area contributed by atoms with E-state index in [9.17, 15) is 5.11 Å². The number of aliphatic hydroxyl groups is 1. The van der Waals surface area contributed by atoms with Gasteiger partial charge < -0.3 is 9.84 Å². The standard InChI is InChI=1S/C9H11NO2S2/c11-7-5-12-6-8(7)13-14-9-3-1-2-4-10-9/h1-4,7-8,11H,5-6H2/t7-,8-/m0/s1. The number of hydrogen-bond acceptors (Lipinski definition) is 5. The van der Waals surface area contributed by atoms with Gasteiger partial charge in [-0.1, -0.05) is 16.9 Å². The van der Waals surface area contributed by atoms with Crippen LogP contribution >= 0.6 is 21.6 Å². The maximum Gasteiger partial charge on any atom is 0.106 e. The van der Waals surface area contributed by atoms with Crippen LogP contribution in [0.4, 0.5) is 0 Å². The molecule has 1 saturated heterocycles. The summed E-state index contributed by atoms with van der Waals surface area (Å²) < 4.78 is 5.15. The molecule has 0 aliphatic carbocycles. The number of aliphatic hydroxyl groups excluding tert-OH is 1. The molecule has 0 saturated carbocycles. The van der Waals surface area contributed by atoms with Crippen molar-refractivity contribution in [3.63, 3.8) is 0 Å². The van der Waals surface area contributed by atoms with Crippen LogP contribution in [-0.2, 0) is 4.74 Å². The van der Waals surface area contributed by atoms with Crippen LogP contribution in [-0.4, -0.2) is 34.7 Å². The molecule has 0 unspecified atom stereocenters. The second-order valence-corrected chi connectivity index (χ2v) is 5.45. The van der Waals surface area contributed by atoms with E-state index in [4.69, 9.17) is 4.74 Å². The smallest absolute Gasteiger partial charge is 0.106 e. The van der Waals surface area contributed by atoms with Gasteiger partial charge in [-0.25, -0.2) is 4.98 Å². The summed E-state index contributed by atoms with van der Waals surface area (Å²) in [6, 6.07) is 5.81. The van der Waals surface area contributed by atoms with Crippen molar-refractivity contribution in [3.8, 4) is 0 Å². The lowest BCUT2D eigenvalue weighted by Crippen LogP contribution is -2.18. The van der Waals surface area contributed by atoms with Gasteiger partial charge in [0.1, 0.15) is 5.03 Å². The largest absolute Gasteiger partial charge is 0.389 e. The third-order valence-electron chi connectivity index (χ3n) is 1.89. The van der Waals surface area contributed by atoms with Gasteiger partial charge in [0, 0.05) is 6.20 Å². The van der Waals surface area contributed by atoms with Gasteiger partial charge in [-0.2, -0.15) is 0 Å². The predicted octanol–water partition coefficient (Wildman–Crippen LogP) is 1.58. The third-order valence-corrected chi connectivity index (χ3v) is 4.64. The van der Waals surface area contributed by atoms with Gasteiger partial charge >= 0.3 is 0 Å². The van der Waals surface area contributed by atoms with Crippen molar-refractivity contribution in [2.24, 2.45) is 0 Å². The number of rotatable bonds is 3. The van der Waals surface area contributed by atoms with E-state index in [1.807, 2.05) is 18.2 Å². The first-order valence-electron chi connectivity index (χ1n) is 4.36. The first kappa shape index (κ1) is 10.3. The second-order valence-electron chi connectivity index (χ2n) is 2.99. The number of ether oxygens (including phenoxy) is 1. The number of aromatic nitrogens is 1. The summed E-state index contributed by atoms with van der Waals surface area (Å²) in [5.74, 6) is 0. The Hall–Kier alpha value is -0.230. The summed E-state index contributed by atoms with van der Waals surface area (Å²) in [4.78, 5) is 4.18. The molecule has 1 aromatic rings. The SMILES string of the molecule is O[C@H]1COC[C@@H]1SSc1ccccn1. The molecule has 1 aliphatic heterocycles. The quantitative estimate of drug-likeness (QED) is 0.797. The summed E-state index contributed by atoms with van der Waals surface area (Å²) in [6.45, 7) is 1.09. The molecule has 2 atom stereocenters. The summed E-state index contributed by atoms with van der Waals surface area (Å²) in [7, 11) is 3.21. The van der Waals surface area contributed by atoms with Gasteiger partial charge in [-0.15, -0.1) is 0 Å². The van der Waals surface area contributed by atoms with Crippen molar-refractivity contribution in [1.82, 2.24) is 4.98 Å². The van der Waals surface area contributed by atoms with Gasteiger partial charge in [0.15, 0.2) is 0 Å². The summed E-state index contributed by atoms with van der Waals surface area (Å²) in [6.07, 6.45) is 1.43. The zero-order valence-corrected chi connectivity index (χ0v) is 9.13.